The summed E-state index contributed by atoms with van der Waals surface area (Å²) in [4.78, 5) is 24.1. The summed E-state index contributed by atoms with van der Waals surface area (Å²) in [7, 11) is 0. The van der Waals surface area contributed by atoms with Crippen molar-refractivity contribution in [3.8, 4) is 0 Å². The van der Waals surface area contributed by atoms with Crippen molar-refractivity contribution in [2.24, 2.45) is 0 Å². The zero-order valence-electron chi connectivity index (χ0n) is 11.2. The van der Waals surface area contributed by atoms with E-state index in [1.807, 2.05) is 0 Å². The van der Waals surface area contributed by atoms with E-state index in [1.54, 1.807) is 6.33 Å². The quantitative estimate of drug-likeness (QED) is 0.671. The van der Waals surface area contributed by atoms with Gasteiger partial charge < -0.3 is 10.3 Å². The number of nitrogens with zero attached hydrogens (tertiary/aromatic N) is 5. The van der Waals surface area contributed by atoms with Crippen LogP contribution in [-0.4, -0.2) is 36.4 Å². The fraction of sp³-hybridized carbons (Fsp3) is 0.250. The van der Waals surface area contributed by atoms with Crippen molar-refractivity contribution in [2.75, 3.05) is 11.9 Å². The van der Waals surface area contributed by atoms with E-state index in [9.17, 15) is 0 Å². The summed E-state index contributed by atoms with van der Waals surface area (Å²) in [5.41, 5.74) is 1.44. The molecule has 0 aromatic carbocycles. The van der Waals surface area contributed by atoms with Gasteiger partial charge in [-0.1, -0.05) is 6.92 Å². The number of fused-ring (bicyclic) bond motifs is 1. The Bertz CT molecular complexity index is 760. The van der Waals surface area contributed by atoms with E-state index in [1.165, 1.54) is 24.4 Å². The van der Waals surface area contributed by atoms with E-state index in [0.717, 1.165) is 38.8 Å². The van der Waals surface area contributed by atoms with E-state index >= 15 is 0 Å². The van der Waals surface area contributed by atoms with Crippen molar-refractivity contribution in [1.29, 1.82) is 0 Å². The molecule has 0 unspecified atom stereocenters. The van der Waals surface area contributed by atoms with Gasteiger partial charge in [-0.15, -0.1) is 0 Å². The average Bonchev–Trinajstić information content (AvgIpc) is 2.98. The molecule has 3 rings (SSSR count). The molecule has 0 amide bonds. The molecule has 0 spiro atoms. The standard InChI is InChI=1S/C12H12BrN7S/c1-2-3-14-9-7(13)11(19-5-16-9)21-12-8-10(17-4-15-8)18-6-20-12/h4-6H,2-3H2,1H3,(H,14,16,19)(H,15,17,18,20). The minimum Gasteiger partial charge on any atom is -0.369 e. The van der Waals surface area contributed by atoms with E-state index in [2.05, 4.69) is 58.1 Å². The lowest BCUT2D eigenvalue weighted by Gasteiger charge is -2.08. The van der Waals surface area contributed by atoms with Crippen LogP contribution >= 0.6 is 27.7 Å². The third-order valence-corrected chi connectivity index (χ3v) is 4.70. The van der Waals surface area contributed by atoms with Crippen LogP contribution < -0.4 is 5.32 Å². The van der Waals surface area contributed by atoms with Crippen LogP contribution in [0.4, 0.5) is 5.82 Å². The molecule has 108 valence electrons. The number of anilines is 1. The Labute approximate surface area is 133 Å². The first-order valence-corrected chi connectivity index (χ1v) is 7.97. The lowest BCUT2D eigenvalue weighted by Crippen LogP contribution is -2.03. The van der Waals surface area contributed by atoms with Crippen LogP contribution in [0.25, 0.3) is 11.2 Å². The van der Waals surface area contributed by atoms with Gasteiger partial charge in [0.1, 0.15) is 34.0 Å². The van der Waals surface area contributed by atoms with Crippen molar-refractivity contribution < 1.29 is 0 Å². The number of aromatic nitrogens is 6. The maximum absolute atomic E-state index is 4.30. The number of imidazole rings is 1. The van der Waals surface area contributed by atoms with Crippen LogP contribution in [0.3, 0.4) is 0 Å². The molecule has 3 aromatic heterocycles. The van der Waals surface area contributed by atoms with Gasteiger partial charge in [-0.3, -0.25) is 0 Å². The molecule has 21 heavy (non-hydrogen) atoms. The van der Waals surface area contributed by atoms with Crippen LogP contribution in [0.5, 0.6) is 0 Å². The normalized spacial score (nSPS) is 11.0. The molecule has 3 heterocycles. The molecular weight excluding hydrogens is 354 g/mol. The number of aromatic amines is 1. The summed E-state index contributed by atoms with van der Waals surface area (Å²) >= 11 is 4.98. The zero-order chi connectivity index (χ0) is 14.7. The second-order valence-electron chi connectivity index (χ2n) is 4.15. The summed E-state index contributed by atoms with van der Waals surface area (Å²) in [6.07, 6.45) is 5.67. The summed E-state index contributed by atoms with van der Waals surface area (Å²) in [6, 6.07) is 0. The molecule has 3 aromatic rings. The fourth-order valence-corrected chi connectivity index (χ4v) is 3.11. The molecular formula is C12H12BrN7S. The van der Waals surface area contributed by atoms with Crippen LogP contribution in [0.15, 0.2) is 33.5 Å². The van der Waals surface area contributed by atoms with Gasteiger partial charge in [0.25, 0.3) is 0 Å². The molecule has 2 N–H and O–H groups in total. The van der Waals surface area contributed by atoms with Gasteiger partial charge in [0.05, 0.1) is 10.8 Å². The molecule has 0 aliphatic heterocycles. The largest absolute Gasteiger partial charge is 0.369 e. The van der Waals surface area contributed by atoms with Crippen LogP contribution in [0.2, 0.25) is 0 Å². The van der Waals surface area contributed by atoms with Gasteiger partial charge in [0.2, 0.25) is 0 Å². The van der Waals surface area contributed by atoms with Crippen molar-refractivity contribution >= 4 is 44.7 Å². The minimum absolute atomic E-state index is 0.641. The molecule has 0 saturated heterocycles. The third-order valence-electron chi connectivity index (χ3n) is 2.68. The first-order chi connectivity index (χ1) is 10.3. The maximum atomic E-state index is 4.30. The van der Waals surface area contributed by atoms with Crippen molar-refractivity contribution in [3.63, 3.8) is 0 Å². The fourth-order valence-electron chi connectivity index (χ4n) is 1.70. The number of H-pyrrole nitrogens is 1. The number of hydrogen-bond donors (Lipinski definition) is 2. The van der Waals surface area contributed by atoms with Crippen molar-refractivity contribution in [2.45, 2.75) is 23.4 Å². The van der Waals surface area contributed by atoms with Gasteiger partial charge >= 0.3 is 0 Å². The highest BCUT2D eigenvalue weighted by molar-refractivity contribution is 9.10. The van der Waals surface area contributed by atoms with Gasteiger partial charge in [-0.2, -0.15) is 0 Å². The SMILES string of the molecule is CCCNc1ncnc(Sc2ncnc3nc[nH]c23)c1Br. The Kier molecular flexibility index (Phi) is 4.30. The van der Waals surface area contributed by atoms with E-state index in [0.29, 0.717) is 5.65 Å². The lowest BCUT2D eigenvalue weighted by molar-refractivity contribution is 0.945. The molecule has 9 heteroatoms. The van der Waals surface area contributed by atoms with Gasteiger partial charge in [0, 0.05) is 6.54 Å². The van der Waals surface area contributed by atoms with Crippen LogP contribution in [0.1, 0.15) is 13.3 Å². The topological polar surface area (TPSA) is 92.3 Å². The van der Waals surface area contributed by atoms with Crippen LogP contribution in [-0.2, 0) is 0 Å². The Morgan fingerprint density at radius 3 is 2.81 bits per heavy atom. The minimum atomic E-state index is 0.641. The second-order valence-corrected chi connectivity index (χ2v) is 5.92. The summed E-state index contributed by atoms with van der Waals surface area (Å²) in [6.45, 7) is 2.96. The molecule has 7 nitrogen and oxygen atoms in total. The Balaban J connectivity index is 1.93. The van der Waals surface area contributed by atoms with E-state index < -0.39 is 0 Å². The van der Waals surface area contributed by atoms with Crippen LogP contribution in [0, 0.1) is 0 Å². The van der Waals surface area contributed by atoms with Gasteiger partial charge in [-0.25, -0.2) is 24.9 Å². The number of nitrogens with one attached hydrogen (secondary N) is 2. The predicted octanol–water partition coefficient (Wildman–Crippen LogP) is 2.88. The van der Waals surface area contributed by atoms with Crippen molar-refractivity contribution in [1.82, 2.24) is 29.9 Å². The maximum Gasteiger partial charge on any atom is 0.181 e. The predicted molar refractivity (Wildman–Crippen MR) is 84.3 cm³/mol. The Morgan fingerprint density at radius 1 is 1.14 bits per heavy atom. The first kappa shape index (κ1) is 14.2. The number of rotatable bonds is 5. The average molecular weight is 366 g/mol. The molecule has 0 aliphatic carbocycles. The Morgan fingerprint density at radius 2 is 1.95 bits per heavy atom. The molecule has 0 bridgehead atoms. The monoisotopic (exact) mass is 365 g/mol. The molecule has 0 aliphatic rings. The molecule has 0 atom stereocenters. The molecule has 0 saturated carbocycles. The van der Waals surface area contributed by atoms with E-state index in [-0.39, 0.29) is 0 Å². The lowest BCUT2D eigenvalue weighted by atomic mass is 10.4. The van der Waals surface area contributed by atoms with Gasteiger partial charge in [-0.05, 0) is 34.1 Å². The smallest absolute Gasteiger partial charge is 0.181 e. The van der Waals surface area contributed by atoms with Gasteiger partial charge in [0.15, 0.2) is 5.65 Å². The highest BCUT2D eigenvalue weighted by Crippen LogP contribution is 2.35. The molecule has 0 fully saturated rings. The molecule has 0 radical (unpaired) electrons. The van der Waals surface area contributed by atoms with E-state index in [4.69, 9.17) is 0 Å². The number of hydrogen-bond acceptors (Lipinski definition) is 7. The summed E-state index contributed by atoms with van der Waals surface area (Å²) < 4.78 is 0.828. The zero-order valence-corrected chi connectivity index (χ0v) is 13.6. The number of halogens is 1. The summed E-state index contributed by atoms with van der Waals surface area (Å²) in [5, 5.41) is 4.82. The first-order valence-electron chi connectivity index (χ1n) is 6.36. The highest BCUT2D eigenvalue weighted by Gasteiger charge is 2.13. The summed E-state index contributed by atoms with van der Waals surface area (Å²) in [5.74, 6) is 0.782. The van der Waals surface area contributed by atoms with Crippen molar-refractivity contribution in [3.05, 3.63) is 23.5 Å². The highest BCUT2D eigenvalue weighted by atomic mass is 79.9. The second kappa shape index (κ2) is 6.35. The Hall–Kier alpha value is -1.74. The third kappa shape index (κ3) is 2.98.